The van der Waals surface area contributed by atoms with Gasteiger partial charge in [-0.05, 0) is 54.8 Å². The molecule has 0 radical (unpaired) electrons. The van der Waals surface area contributed by atoms with Crippen molar-refractivity contribution in [3.8, 4) is 17.2 Å². The number of benzene rings is 2. The van der Waals surface area contributed by atoms with E-state index in [1.54, 1.807) is 35.3 Å². The topological polar surface area (TPSA) is 81.1 Å². The third kappa shape index (κ3) is 5.35. The highest BCUT2D eigenvalue weighted by Crippen LogP contribution is 2.27. The molecule has 0 atom stereocenters. The van der Waals surface area contributed by atoms with Crippen molar-refractivity contribution in [1.29, 1.82) is 0 Å². The van der Waals surface area contributed by atoms with E-state index in [1.807, 2.05) is 51.1 Å². The first kappa shape index (κ1) is 22.0. The molecule has 0 bridgehead atoms. The molecule has 0 saturated heterocycles. The first-order valence-corrected chi connectivity index (χ1v) is 10.5. The van der Waals surface area contributed by atoms with Crippen LogP contribution in [0.1, 0.15) is 31.0 Å². The molecular formula is C25H24FN5O2. The number of hydrogen-bond acceptors (Lipinski definition) is 4. The Bertz CT molecular complexity index is 1270. The Balaban J connectivity index is 1.50. The van der Waals surface area contributed by atoms with Gasteiger partial charge in [0.25, 0.3) is 0 Å². The molecule has 4 aromatic rings. The van der Waals surface area contributed by atoms with Gasteiger partial charge in [0.05, 0.1) is 11.4 Å². The zero-order valence-corrected chi connectivity index (χ0v) is 18.5. The number of urea groups is 1. The molecule has 0 aliphatic carbocycles. The largest absolute Gasteiger partial charge is 0.454 e. The number of anilines is 2. The molecule has 0 spiro atoms. The molecule has 2 aromatic carbocycles. The number of aryl methyl sites for hydroxylation is 1. The van der Waals surface area contributed by atoms with Crippen LogP contribution in [0.2, 0.25) is 0 Å². The number of carbonyl (C=O) groups excluding carboxylic acids is 1. The van der Waals surface area contributed by atoms with Crippen molar-refractivity contribution in [3.63, 3.8) is 0 Å². The molecule has 2 heterocycles. The van der Waals surface area contributed by atoms with E-state index in [4.69, 9.17) is 4.74 Å². The molecule has 0 saturated carbocycles. The normalized spacial score (nSPS) is 10.8. The van der Waals surface area contributed by atoms with Crippen molar-refractivity contribution in [2.75, 3.05) is 10.6 Å². The molecule has 0 aliphatic heterocycles. The second-order valence-electron chi connectivity index (χ2n) is 7.87. The number of halogens is 1. The SMILES string of the molecule is Cc1cccc(-n2nc(C(C)C)cc2NC(=O)Nc2ccc(Oc3ccncc3)c(F)c2)c1. The summed E-state index contributed by atoms with van der Waals surface area (Å²) in [6.45, 7) is 6.06. The zero-order chi connectivity index (χ0) is 23.4. The van der Waals surface area contributed by atoms with Crippen LogP contribution in [0.5, 0.6) is 11.5 Å². The second-order valence-corrected chi connectivity index (χ2v) is 7.87. The van der Waals surface area contributed by atoms with E-state index in [0.29, 0.717) is 11.6 Å². The molecule has 33 heavy (non-hydrogen) atoms. The number of amides is 2. The summed E-state index contributed by atoms with van der Waals surface area (Å²) in [5, 5.41) is 10.1. The van der Waals surface area contributed by atoms with Crippen molar-refractivity contribution in [2.24, 2.45) is 0 Å². The Kier molecular flexibility index (Phi) is 6.35. The Morgan fingerprint density at radius 3 is 2.52 bits per heavy atom. The predicted octanol–water partition coefficient (Wildman–Crippen LogP) is 6.27. The fourth-order valence-corrected chi connectivity index (χ4v) is 3.20. The van der Waals surface area contributed by atoms with Crippen LogP contribution in [-0.4, -0.2) is 20.8 Å². The number of ether oxygens (including phenoxy) is 1. The number of aromatic nitrogens is 3. The predicted molar refractivity (Wildman–Crippen MR) is 126 cm³/mol. The maximum absolute atomic E-state index is 14.5. The maximum Gasteiger partial charge on any atom is 0.324 e. The van der Waals surface area contributed by atoms with Crippen LogP contribution in [0.4, 0.5) is 20.7 Å². The lowest BCUT2D eigenvalue weighted by atomic mass is 10.1. The molecule has 0 unspecified atom stereocenters. The summed E-state index contributed by atoms with van der Waals surface area (Å²) in [5.74, 6) is 0.608. The summed E-state index contributed by atoms with van der Waals surface area (Å²) in [5.41, 5.74) is 3.04. The minimum absolute atomic E-state index is 0.0475. The highest BCUT2D eigenvalue weighted by molar-refractivity contribution is 5.99. The van der Waals surface area contributed by atoms with Gasteiger partial charge in [-0.1, -0.05) is 26.0 Å². The molecule has 2 N–H and O–H groups in total. The summed E-state index contributed by atoms with van der Waals surface area (Å²) in [7, 11) is 0. The van der Waals surface area contributed by atoms with Gasteiger partial charge in [-0.25, -0.2) is 13.9 Å². The smallest absolute Gasteiger partial charge is 0.324 e. The van der Waals surface area contributed by atoms with Gasteiger partial charge >= 0.3 is 6.03 Å². The third-order valence-corrected chi connectivity index (χ3v) is 4.87. The molecule has 0 fully saturated rings. The minimum Gasteiger partial charge on any atom is -0.454 e. The number of pyridine rings is 1. The average molecular weight is 445 g/mol. The van der Waals surface area contributed by atoms with E-state index >= 15 is 0 Å². The second kappa shape index (κ2) is 9.52. The molecular weight excluding hydrogens is 421 g/mol. The van der Waals surface area contributed by atoms with E-state index < -0.39 is 11.8 Å². The molecule has 7 nitrogen and oxygen atoms in total. The monoisotopic (exact) mass is 445 g/mol. The van der Waals surface area contributed by atoms with Gasteiger partial charge in [0, 0.05) is 30.2 Å². The summed E-state index contributed by atoms with van der Waals surface area (Å²) in [4.78, 5) is 16.6. The number of carbonyl (C=O) groups is 1. The number of nitrogens with one attached hydrogen (secondary N) is 2. The number of nitrogens with zero attached hydrogens (tertiary/aromatic N) is 3. The fraction of sp³-hybridized carbons (Fsp3) is 0.160. The standard InChI is InChI=1S/C25H24FN5O2/c1-16(2)22-15-24(31(30-22)19-6-4-5-17(3)13-19)29-25(32)28-18-7-8-23(21(26)14-18)33-20-9-11-27-12-10-20/h4-16H,1-3H3,(H2,28,29,32). The Morgan fingerprint density at radius 1 is 1.03 bits per heavy atom. The van der Waals surface area contributed by atoms with E-state index in [1.165, 1.54) is 12.1 Å². The van der Waals surface area contributed by atoms with Crippen LogP contribution in [0.25, 0.3) is 5.69 Å². The third-order valence-electron chi connectivity index (χ3n) is 4.87. The first-order chi connectivity index (χ1) is 15.9. The minimum atomic E-state index is -0.600. The van der Waals surface area contributed by atoms with E-state index in [-0.39, 0.29) is 17.4 Å². The number of rotatable bonds is 6. The molecule has 4 rings (SSSR count). The van der Waals surface area contributed by atoms with E-state index in [9.17, 15) is 9.18 Å². The summed E-state index contributed by atoms with van der Waals surface area (Å²) in [6.07, 6.45) is 3.11. The van der Waals surface area contributed by atoms with Crippen molar-refractivity contribution < 1.29 is 13.9 Å². The van der Waals surface area contributed by atoms with Gasteiger partial charge in [-0.3, -0.25) is 10.3 Å². The van der Waals surface area contributed by atoms with Crippen LogP contribution in [0.3, 0.4) is 0 Å². The lowest BCUT2D eigenvalue weighted by Crippen LogP contribution is -2.21. The Morgan fingerprint density at radius 2 is 1.82 bits per heavy atom. The van der Waals surface area contributed by atoms with Crippen LogP contribution in [-0.2, 0) is 0 Å². The van der Waals surface area contributed by atoms with Crippen molar-refractivity contribution in [3.05, 3.63) is 90.1 Å². The quantitative estimate of drug-likeness (QED) is 0.366. The highest BCUT2D eigenvalue weighted by Gasteiger charge is 2.15. The number of hydrogen-bond donors (Lipinski definition) is 2. The molecule has 2 aromatic heterocycles. The molecule has 2 amide bonds. The lowest BCUT2D eigenvalue weighted by Gasteiger charge is -2.12. The Hall–Kier alpha value is -4.20. The molecule has 168 valence electrons. The summed E-state index contributed by atoms with van der Waals surface area (Å²) in [6, 6.07) is 16.6. The van der Waals surface area contributed by atoms with Crippen LogP contribution in [0, 0.1) is 12.7 Å². The van der Waals surface area contributed by atoms with Gasteiger partial charge in [0.1, 0.15) is 11.6 Å². The van der Waals surface area contributed by atoms with Gasteiger partial charge < -0.3 is 10.1 Å². The van der Waals surface area contributed by atoms with Crippen molar-refractivity contribution in [2.45, 2.75) is 26.7 Å². The van der Waals surface area contributed by atoms with Gasteiger partial charge in [-0.2, -0.15) is 5.10 Å². The fourth-order valence-electron chi connectivity index (χ4n) is 3.20. The molecule has 0 aliphatic rings. The van der Waals surface area contributed by atoms with Crippen LogP contribution >= 0.6 is 0 Å². The van der Waals surface area contributed by atoms with Crippen LogP contribution < -0.4 is 15.4 Å². The summed E-state index contributed by atoms with van der Waals surface area (Å²) >= 11 is 0. The van der Waals surface area contributed by atoms with Gasteiger partial charge in [0.15, 0.2) is 11.6 Å². The Labute approximate surface area is 191 Å². The average Bonchev–Trinajstić information content (AvgIpc) is 3.20. The molecule has 8 heteroatoms. The van der Waals surface area contributed by atoms with Gasteiger partial charge in [0.2, 0.25) is 0 Å². The highest BCUT2D eigenvalue weighted by atomic mass is 19.1. The van der Waals surface area contributed by atoms with Gasteiger partial charge in [-0.15, -0.1) is 0 Å². The van der Waals surface area contributed by atoms with E-state index in [0.717, 1.165) is 16.9 Å². The summed E-state index contributed by atoms with van der Waals surface area (Å²) < 4.78 is 21.7. The first-order valence-electron chi connectivity index (χ1n) is 10.5. The maximum atomic E-state index is 14.5. The zero-order valence-electron chi connectivity index (χ0n) is 18.5. The van der Waals surface area contributed by atoms with Crippen LogP contribution in [0.15, 0.2) is 73.1 Å². The van der Waals surface area contributed by atoms with Crippen molar-refractivity contribution in [1.82, 2.24) is 14.8 Å². The lowest BCUT2D eigenvalue weighted by molar-refractivity contribution is 0.262. The van der Waals surface area contributed by atoms with E-state index in [2.05, 4.69) is 20.7 Å². The van der Waals surface area contributed by atoms with Crippen molar-refractivity contribution >= 4 is 17.5 Å².